The van der Waals surface area contributed by atoms with Crippen LogP contribution in [-0.4, -0.2) is 4.92 Å². The summed E-state index contributed by atoms with van der Waals surface area (Å²) in [7, 11) is 0. The van der Waals surface area contributed by atoms with E-state index < -0.39 is 4.92 Å². The Labute approximate surface area is 103 Å². The maximum atomic E-state index is 11.0. The van der Waals surface area contributed by atoms with Crippen LogP contribution < -0.4 is 5.73 Å². The molecule has 0 aliphatic carbocycles. The number of nitrogens with zero attached hydrogens (tertiary/aromatic N) is 2. The van der Waals surface area contributed by atoms with E-state index in [1.165, 1.54) is 6.07 Å². The van der Waals surface area contributed by atoms with Crippen LogP contribution in [0.3, 0.4) is 0 Å². The number of nitrogen functional groups attached to an aromatic ring is 1. The zero-order valence-corrected chi connectivity index (χ0v) is 9.33. The minimum atomic E-state index is -0.477. The van der Waals surface area contributed by atoms with E-state index in [1.807, 2.05) is 0 Å². The fraction of sp³-hybridized carbons (Fsp3) is 0. The van der Waals surface area contributed by atoms with Gasteiger partial charge >= 0.3 is 0 Å². The molecular formula is C12H10N4O2. The Kier molecular flexibility index (Phi) is 3.01. The molecule has 0 amide bonds. The number of nitro groups is 1. The van der Waals surface area contributed by atoms with Crippen molar-refractivity contribution in [1.29, 1.82) is 5.53 Å². The van der Waals surface area contributed by atoms with Crippen LogP contribution in [0.1, 0.15) is 0 Å². The number of hydrogen-bond acceptors (Lipinski definition) is 5. The van der Waals surface area contributed by atoms with E-state index in [0.29, 0.717) is 22.5 Å². The van der Waals surface area contributed by atoms with Gasteiger partial charge in [0.2, 0.25) is 0 Å². The molecule has 0 aliphatic rings. The fourth-order valence-electron chi connectivity index (χ4n) is 1.79. The summed E-state index contributed by atoms with van der Waals surface area (Å²) in [6.07, 6.45) is 0. The molecule has 6 nitrogen and oxygen atoms in total. The predicted octanol–water partition coefficient (Wildman–Crippen LogP) is 3.51. The number of benzene rings is 2. The molecule has 2 aromatic rings. The number of nitrogens with two attached hydrogens (primary N) is 1. The van der Waals surface area contributed by atoms with Crippen molar-refractivity contribution < 1.29 is 4.92 Å². The summed E-state index contributed by atoms with van der Waals surface area (Å²) in [6, 6.07) is 11.1. The number of nitro benzene ring substituents is 1. The van der Waals surface area contributed by atoms with Crippen LogP contribution >= 0.6 is 0 Å². The summed E-state index contributed by atoms with van der Waals surface area (Å²) in [4.78, 5) is 10.5. The Bertz CT molecular complexity index is 625. The minimum Gasteiger partial charge on any atom is -0.398 e. The Balaban J connectivity index is 2.77. The van der Waals surface area contributed by atoms with Crippen molar-refractivity contribution >= 4 is 17.1 Å². The van der Waals surface area contributed by atoms with Gasteiger partial charge in [0.15, 0.2) is 0 Å². The average molecular weight is 242 g/mol. The minimum absolute atomic E-state index is 0.0553. The van der Waals surface area contributed by atoms with E-state index in [1.54, 1.807) is 36.4 Å². The van der Waals surface area contributed by atoms with Gasteiger partial charge in [-0.2, -0.15) is 5.11 Å². The molecule has 0 bridgehead atoms. The maximum Gasteiger partial charge on any atom is 0.277 e. The Morgan fingerprint density at radius 3 is 2.56 bits per heavy atom. The Morgan fingerprint density at radius 1 is 1.17 bits per heavy atom. The van der Waals surface area contributed by atoms with Gasteiger partial charge in [0, 0.05) is 17.3 Å². The van der Waals surface area contributed by atoms with Gasteiger partial charge in [-0.05, 0) is 18.2 Å². The molecule has 0 spiro atoms. The molecule has 0 aliphatic heterocycles. The molecule has 18 heavy (non-hydrogen) atoms. The quantitative estimate of drug-likeness (QED) is 0.372. The van der Waals surface area contributed by atoms with Crippen molar-refractivity contribution in [2.75, 3.05) is 5.73 Å². The lowest BCUT2D eigenvalue weighted by atomic mass is 10.00. The van der Waals surface area contributed by atoms with Crippen molar-refractivity contribution in [3.05, 3.63) is 52.6 Å². The summed E-state index contributed by atoms with van der Waals surface area (Å²) in [6.45, 7) is 0. The smallest absolute Gasteiger partial charge is 0.277 e. The number of anilines is 1. The second-order valence-corrected chi connectivity index (χ2v) is 3.63. The molecule has 0 aromatic heterocycles. The Hall–Kier alpha value is -2.76. The molecule has 90 valence electrons. The summed E-state index contributed by atoms with van der Waals surface area (Å²) in [5.41, 5.74) is 14.3. The molecule has 6 heteroatoms. The highest BCUT2D eigenvalue weighted by Gasteiger charge is 2.18. The maximum absolute atomic E-state index is 11.0. The normalized spacial score (nSPS) is 10.0. The standard InChI is InChI=1S/C12H10N4O2/c13-9-5-3-6-10(15-14)12(9)8-4-1-2-7-11(8)16(17)18/h1-7,14H,13H2. The molecule has 0 saturated carbocycles. The van der Waals surface area contributed by atoms with Crippen molar-refractivity contribution in [2.45, 2.75) is 0 Å². The topological polar surface area (TPSA) is 105 Å². The third-order valence-corrected chi connectivity index (χ3v) is 2.57. The van der Waals surface area contributed by atoms with Crippen LogP contribution in [0, 0.1) is 15.6 Å². The second-order valence-electron chi connectivity index (χ2n) is 3.63. The van der Waals surface area contributed by atoms with Crippen LogP contribution in [0.5, 0.6) is 0 Å². The third kappa shape index (κ3) is 1.91. The zero-order chi connectivity index (χ0) is 13.1. The molecule has 0 heterocycles. The van der Waals surface area contributed by atoms with Crippen LogP contribution in [-0.2, 0) is 0 Å². The largest absolute Gasteiger partial charge is 0.398 e. The van der Waals surface area contributed by atoms with Gasteiger partial charge in [-0.3, -0.25) is 10.1 Å². The molecule has 0 unspecified atom stereocenters. The second kappa shape index (κ2) is 4.62. The van der Waals surface area contributed by atoms with Crippen LogP contribution in [0.25, 0.3) is 11.1 Å². The monoisotopic (exact) mass is 242 g/mol. The molecule has 0 radical (unpaired) electrons. The van der Waals surface area contributed by atoms with Crippen molar-refractivity contribution in [3.8, 4) is 11.1 Å². The van der Waals surface area contributed by atoms with Crippen molar-refractivity contribution in [2.24, 2.45) is 5.11 Å². The number of hydrogen-bond donors (Lipinski definition) is 2. The first-order valence-electron chi connectivity index (χ1n) is 5.15. The highest BCUT2D eigenvalue weighted by atomic mass is 16.6. The Morgan fingerprint density at radius 2 is 1.89 bits per heavy atom. The van der Waals surface area contributed by atoms with E-state index in [0.717, 1.165) is 0 Å². The van der Waals surface area contributed by atoms with Gasteiger partial charge in [-0.25, -0.2) is 5.53 Å². The zero-order valence-electron chi connectivity index (χ0n) is 9.33. The molecule has 0 atom stereocenters. The van der Waals surface area contributed by atoms with Gasteiger partial charge < -0.3 is 5.73 Å². The van der Waals surface area contributed by atoms with Gasteiger partial charge in [-0.1, -0.05) is 18.2 Å². The first kappa shape index (κ1) is 11.7. The predicted molar refractivity (Wildman–Crippen MR) is 67.8 cm³/mol. The van der Waals surface area contributed by atoms with Gasteiger partial charge in [-0.15, -0.1) is 0 Å². The van der Waals surface area contributed by atoms with Crippen molar-refractivity contribution in [3.63, 3.8) is 0 Å². The van der Waals surface area contributed by atoms with Crippen LogP contribution in [0.4, 0.5) is 17.1 Å². The SMILES string of the molecule is N=Nc1cccc(N)c1-c1ccccc1[N+](=O)[O-]. The summed E-state index contributed by atoms with van der Waals surface area (Å²) < 4.78 is 0. The summed E-state index contributed by atoms with van der Waals surface area (Å²) in [5, 5.41) is 14.3. The van der Waals surface area contributed by atoms with E-state index in [2.05, 4.69) is 5.11 Å². The number of para-hydroxylation sites is 1. The summed E-state index contributed by atoms with van der Waals surface area (Å²) in [5.74, 6) is 0. The van der Waals surface area contributed by atoms with E-state index >= 15 is 0 Å². The molecular weight excluding hydrogens is 232 g/mol. The highest BCUT2D eigenvalue weighted by Crippen LogP contribution is 2.39. The van der Waals surface area contributed by atoms with Gasteiger partial charge in [0.25, 0.3) is 5.69 Å². The highest BCUT2D eigenvalue weighted by molar-refractivity contribution is 5.90. The van der Waals surface area contributed by atoms with Crippen LogP contribution in [0.2, 0.25) is 0 Å². The third-order valence-electron chi connectivity index (χ3n) is 2.57. The van der Waals surface area contributed by atoms with Gasteiger partial charge in [0.05, 0.1) is 16.2 Å². The van der Waals surface area contributed by atoms with Gasteiger partial charge in [0.1, 0.15) is 0 Å². The number of nitrogens with one attached hydrogen (secondary N) is 1. The molecule has 2 aromatic carbocycles. The molecule has 3 N–H and O–H groups in total. The lowest BCUT2D eigenvalue weighted by molar-refractivity contribution is -0.384. The molecule has 0 saturated heterocycles. The fourth-order valence-corrected chi connectivity index (χ4v) is 1.79. The molecule has 2 rings (SSSR count). The summed E-state index contributed by atoms with van der Waals surface area (Å²) >= 11 is 0. The van der Waals surface area contributed by atoms with E-state index in [9.17, 15) is 10.1 Å². The van der Waals surface area contributed by atoms with E-state index in [-0.39, 0.29) is 5.69 Å². The van der Waals surface area contributed by atoms with Crippen LogP contribution in [0.15, 0.2) is 47.6 Å². The van der Waals surface area contributed by atoms with E-state index in [4.69, 9.17) is 11.3 Å². The first-order chi connectivity index (χ1) is 8.65. The number of rotatable bonds is 3. The average Bonchev–Trinajstić information content (AvgIpc) is 2.38. The lowest BCUT2D eigenvalue weighted by Crippen LogP contribution is -1.95. The first-order valence-corrected chi connectivity index (χ1v) is 5.15. The lowest BCUT2D eigenvalue weighted by Gasteiger charge is -2.08. The van der Waals surface area contributed by atoms with Crippen molar-refractivity contribution in [1.82, 2.24) is 0 Å². The molecule has 0 fully saturated rings.